The summed E-state index contributed by atoms with van der Waals surface area (Å²) in [4.78, 5) is 49.3. The van der Waals surface area contributed by atoms with Gasteiger partial charge in [0.1, 0.15) is 21.2 Å². The van der Waals surface area contributed by atoms with Crippen molar-refractivity contribution in [1.82, 2.24) is 18.6 Å². The molecule has 6 heterocycles. The highest BCUT2D eigenvalue weighted by molar-refractivity contribution is 7.90. The number of ether oxygens (including phenoxy) is 2. The molecule has 0 bridgehead atoms. The van der Waals surface area contributed by atoms with Crippen LogP contribution in [0.1, 0.15) is 67.4 Å². The van der Waals surface area contributed by atoms with Gasteiger partial charge in [0, 0.05) is 63.0 Å². The Morgan fingerprint density at radius 3 is 1.48 bits per heavy atom. The van der Waals surface area contributed by atoms with E-state index in [9.17, 15) is 36.0 Å². The molecule has 2 aromatic carbocycles. The lowest BCUT2D eigenvalue weighted by Gasteiger charge is -2.11. The molecule has 4 aliphatic rings. The fourth-order valence-electron chi connectivity index (χ4n) is 6.68. The Balaban J connectivity index is 0.000000167. The number of anilines is 2. The minimum Gasteiger partial charge on any atom is -0.381 e. The Kier molecular flexibility index (Phi) is 10.4. The molecular formula is C36H38N6O10S2. The molecule has 16 nitrogen and oxygen atoms in total. The molecule has 8 rings (SSSR count). The van der Waals surface area contributed by atoms with Crippen LogP contribution in [0.2, 0.25) is 0 Å². The van der Waals surface area contributed by atoms with Crippen molar-refractivity contribution in [2.45, 2.75) is 35.5 Å². The van der Waals surface area contributed by atoms with Crippen molar-refractivity contribution in [3.8, 4) is 0 Å². The smallest absolute Gasteiger partial charge is 0.273 e. The molecule has 2 atom stereocenters. The molecule has 0 aliphatic carbocycles. The van der Waals surface area contributed by atoms with Crippen LogP contribution < -0.4 is 21.3 Å². The van der Waals surface area contributed by atoms with Crippen LogP contribution in [-0.4, -0.2) is 87.9 Å². The predicted octanol–water partition coefficient (Wildman–Crippen LogP) is 2.89. The molecule has 0 radical (unpaired) electrons. The van der Waals surface area contributed by atoms with Gasteiger partial charge in [-0.05, 0) is 98.2 Å². The van der Waals surface area contributed by atoms with Crippen molar-refractivity contribution in [3.63, 3.8) is 0 Å². The van der Waals surface area contributed by atoms with Gasteiger partial charge in [0.25, 0.3) is 43.7 Å². The van der Waals surface area contributed by atoms with Crippen molar-refractivity contribution in [2.24, 2.45) is 11.8 Å². The molecule has 2 aromatic heterocycles. The summed E-state index contributed by atoms with van der Waals surface area (Å²) in [5.41, 5.74) is 0.824. The van der Waals surface area contributed by atoms with Crippen LogP contribution in [0, 0.1) is 11.8 Å². The SMILES string of the molecule is O=C(NCC[C@@H]1CCOC1)c1ccc2c(c1)NC(=O)c1cccn1S2(=O)=O.O=C(NCC[C@H]1CCOC1)c1ccc2c(c1)NC(=O)c1cccn1S2(=O)=O. The first kappa shape index (κ1) is 37.0. The van der Waals surface area contributed by atoms with E-state index in [0.29, 0.717) is 36.1 Å². The molecule has 0 spiro atoms. The van der Waals surface area contributed by atoms with E-state index < -0.39 is 31.9 Å². The minimum absolute atomic E-state index is 0.0241. The Labute approximate surface area is 311 Å². The van der Waals surface area contributed by atoms with Crippen molar-refractivity contribution in [3.05, 3.63) is 95.6 Å². The van der Waals surface area contributed by atoms with Crippen molar-refractivity contribution in [1.29, 1.82) is 0 Å². The number of aromatic nitrogens is 2. The van der Waals surface area contributed by atoms with Gasteiger partial charge in [-0.1, -0.05) is 0 Å². The average Bonchev–Trinajstić information content (AvgIpc) is 3.99. The average molecular weight is 779 g/mol. The third kappa shape index (κ3) is 7.41. The lowest BCUT2D eigenvalue weighted by atomic mass is 10.1. The first-order valence-electron chi connectivity index (χ1n) is 17.4. The summed E-state index contributed by atoms with van der Waals surface area (Å²) in [5, 5.41) is 10.8. The zero-order chi connectivity index (χ0) is 38.0. The lowest BCUT2D eigenvalue weighted by molar-refractivity contribution is 0.0942. The molecule has 4 aliphatic heterocycles. The van der Waals surface area contributed by atoms with E-state index in [0.717, 1.165) is 60.1 Å². The van der Waals surface area contributed by atoms with Crippen LogP contribution in [0.15, 0.2) is 82.8 Å². The van der Waals surface area contributed by atoms with Gasteiger partial charge in [-0.25, -0.2) is 24.8 Å². The van der Waals surface area contributed by atoms with E-state index in [4.69, 9.17) is 9.47 Å². The summed E-state index contributed by atoms with van der Waals surface area (Å²) in [5.74, 6) is -0.796. The van der Waals surface area contributed by atoms with Gasteiger partial charge in [0.05, 0.1) is 11.4 Å². The number of amides is 4. The fraction of sp³-hybridized carbons (Fsp3) is 0.333. The van der Waals surface area contributed by atoms with Crippen LogP contribution in [0.4, 0.5) is 11.4 Å². The molecule has 18 heteroatoms. The maximum absolute atomic E-state index is 12.8. The summed E-state index contributed by atoms with van der Waals surface area (Å²) in [6.07, 6.45) is 6.31. The topological polar surface area (TPSA) is 213 Å². The van der Waals surface area contributed by atoms with Gasteiger partial charge < -0.3 is 30.7 Å². The molecule has 4 amide bonds. The van der Waals surface area contributed by atoms with E-state index >= 15 is 0 Å². The summed E-state index contributed by atoms with van der Waals surface area (Å²) in [6, 6.07) is 14.2. The molecule has 284 valence electrons. The van der Waals surface area contributed by atoms with E-state index in [1.54, 1.807) is 0 Å². The molecule has 0 unspecified atom stereocenters. The van der Waals surface area contributed by atoms with E-state index in [2.05, 4.69) is 21.3 Å². The number of carbonyl (C=O) groups excluding carboxylic acids is 4. The second kappa shape index (κ2) is 15.2. The highest BCUT2D eigenvalue weighted by atomic mass is 32.2. The maximum Gasteiger partial charge on any atom is 0.273 e. The number of hydrogen-bond acceptors (Lipinski definition) is 10. The molecule has 0 saturated carbocycles. The Morgan fingerprint density at radius 2 is 1.09 bits per heavy atom. The predicted molar refractivity (Wildman–Crippen MR) is 195 cm³/mol. The first-order valence-corrected chi connectivity index (χ1v) is 20.3. The number of rotatable bonds is 8. The Bertz CT molecular complexity index is 2180. The van der Waals surface area contributed by atoms with Crippen molar-refractivity contribution in [2.75, 3.05) is 50.2 Å². The third-order valence-electron chi connectivity index (χ3n) is 9.67. The number of fused-ring (bicyclic) bond motifs is 4. The number of nitrogens with one attached hydrogen (secondary N) is 4. The Hall–Kier alpha value is -5.30. The summed E-state index contributed by atoms with van der Waals surface area (Å²) < 4.78 is 63.6. The number of benzene rings is 2. The zero-order valence-electron chi connectivity index (χ0n) is 28.9. The molecule has 4 N–H and O–H groups in total. The summed E-state index contributed by atoms with van der Waals surface area (Å²) >= 11 is 0. The van der Waals surface area contributed by atoms with Crippen LogP contribution in [0.5, 0.6) is 0 Å². The zero-order valence-corrected chi connectivity index (χ0v) is 30.6. The lowest BCUT2D eigenvalue weighted by Crippen LogP contribution is -2.26. The highest BCUT2D eigenvalue weighted by Gasteiger charge is 2.32. The third-order valence-corrected chi connectivity index (χ3v) is 13.2. The first-order chi connectivity index (χ1) is 25.9. The van der Waals surface area contributed by atoms with E-state index in [1.165, 1.54) is 73.1 Å². The van der Waals surface area contributed by atoms with Gasteiger partial charge in [0.15, 0.2) is 0 Å². The van der Waals surface area contributed by atoms with Gasteiger partial charge in [-0.2, -0.15) is 0 Å². The van der Waals surface area contributed by atoms with Crippen molar-refractivity contribution < 1.29 is 45.5 Å². The van der Waals surface area contributed by atoms with Crippen LogP contribution in [-0.2, 0) is 29.5 Å². The second-order valence-corrected chi connectivity index (χ2v) is 16.8. The number of nitrogens with zero attached hydrogens (tertiary/aromatic N) is 2. The van der Waals surface area contributed by atoms with Crippen LogP contribution >= 0.6 is 0 Å². The monoisotopic (exact) mass is 778 g/mol. The number of hydrogen-bond donors (Lipinski definition) is 4. The highest BCUT2D eigenvalue weighted by Crippen LogP contribution is 2.31. The van der Waals surface area contributed by atoms with E-state index in [1.807, 2.05) is 0 Å². The number of carbonyl (C=O) groups is 4. The molecular weight excluding hydrogens is 741 g/mol. The molecule has 54 heavy (non-hydrogen) atoms. The van der Waals surface area contributed by atoms with E-state index in [-0.39, 0.29) is 44.4 Å². The van der Waals surface area contributed by atoms with Gasteiger partial charge in [0.2, 0.25) is 0 Å². The fourth-order valence-corrected chi connectivity index (χ4v) is 9.63. The molecule has 2 fully saturated rings. The molecule has 4 aromatic rings. The maximum atomic E-state index is 12.8. The van der Waals surface area contributed by atoms with Crippen LogP contribution in [0.3, 0.4) is 0 Å². The normalized spacial score (nSPS) is 20.3. The van der Waals surface area contributed by atoms with Crippen molar-refractivity contribution >= 4 is 55.1 Å². The summed E-state index contributed by atoms with van der Waals surface area (Å²) in [7, 11) is -7.82. The van der Waals surface area contributed by atoms with Crippen LogP contribution in [0.25, 0.3) is 0 Å². The minimum atomic E-state index is -3.91. The largest absolute Gasteiger partial charge is 0.381 e. The quantitative estimate of drug-likeness (QED) is 0.205. The van der Waals surface area contributed by atoms with Gasteiger partial charge in [-0.15, -0.1) is 0 Å². The van der Waals surface area contributed by atoms with Gasteiger partial charge in [-0.3, -0.25) is 19.2 Å². The Morgan fingerprint density at radius 1 is 0.667 bits per heavy atom. The standard InChI is InChI=1S/2C18H19N3O5S/c2*22-17(19-7-5-12-6-9-26-11-12)13-3-4-16-14(10-13)20-18(23)15-2-1-8-21(15)27(16,24)25/h2*1-4,8,10,12H,5-7,9,11H2,(H,19,22)(H,20,23)/t2*12-/m10/s1. The van der Waals surface area contributed by atoms with Gasteiger partial charge >= 0.3 is 0 Å². The second-order valence-electron chi connectivity index (χ2n) is 13.3. The molecule has 2 saturated heterocycles. The summed E-state index contributed by atoms with van der Waals surface area (Å²) in [6.45, 7) is 4.00.